The first-order chi connectivity index (χ1) is 16.7. The predicted octanol–water partition coefficient (Wildman–Crippen LogP) is 5.90. The Morgan fingerprint density at radius 3 is 2.25 bits per heavy atom. The summed E-state index contributed by atoms with van der Waals surface area (Å²) in [4.78, 5) is 25.8. The second-order valence-corrected chi connectivity index (χ2v) is 12.3. The minimum absolute atomic E-state index is 0.0471. The number of likely N-dealkylation sites (tertiary alicyclic amines) is 1. The van der Waals surface area contributed by atoms with E-state index in [4.69, 9.17) is 4.74 Å². The zero-order chi connectivity index (χ0) is 26.1. The van der Waals surface area contributed by atoms with E-state index < -0.39 is 46.2 Å². The first-order valence-electron chi connectivity index (χ1n) is 12.8. The molecule has 4 aliphatic rings. The summed E-state index contributed by atoms with van der Waals surface area (Å²) < 4.78 is 66.9. The fourth-order valence-corrected chi connectivity index (χ4v) is 7.27. The molecule has 0 aromatic heterocycles. The Morgan fingerprint density at radius 1 is 1.03 bits per heavy atom. The molecule has 1 amide bonds. The average Bonchev–Trinajstić information content (AvgIpc) is 3.43. The zero-order valence-corrected chi connectivity index (χ0v) is 20.7. The van der Waals surface area contributed by atoms with Crippen LogP contribution < -0.4 is 4.74 Å². The van der Waals surface area contributed by atoms with Gasteiger partial charge in [0, 0.05) is 37.3 Å². The Morgan fingerprint density at radius 2 is 1.67 bits per heavy atom. The summed E-state index contributed by atoms with van der Waals surface area (Å²) in [6.07, 6.45) is 1.42. The number of hydrogen-bond acceptors (Lipinski definition) is 3. The van der Waals surface area contributed by atoms with Gasteiger partial charge < -0.3 is 14.7 Å². The van der Waals surface area contributed by atoms with E-state index in [1.54, 1.807) is 6.92 Å². The fraction of sp³-hybridized carbons (Fsp3) is 0.704. The van der Waals surface area contributed by atoms with E-state index in [2.05, 4.69) is 0 Å². The quantitative estimate of drug-likeness (QED) is 0.483. The van der Waals surface area contributed by atoms with E-state index in [-0.39, 0.29) is 62.5 Å². The van der Waals surface area contributed by atoms with Crippen molar-refractivity contribution >= 4 is 11.9 Å². The van der Waals surface area contributed by atoms with Gasteiger partial charge in [-0.2, -0.15) is 0 Å². The van der Waals surface area contributed by atoms with Gasteiger partial charge in [-0.25, -0.2) is 22.4 Å². The highest BCUT2D eigenvalue weighted by atomic mass is 19.2. The maximum Gasteiger partial charge on any atom is 0.326 e. The van der Waals surface area contributed by atoms with Crippen LogP contribution in [0.15, 0.2) is 12.1 Å². The van der Waals surface area contributed by atoms with E-state index in [0.717, 1.165) is 18.9 Å². The summed E-state index contributed by atoms with van der Waals surface area (Å²) in [6, 6.07) is 1.60. The van der Waals surface area contributed by atoms with E-state index in [1.165, 1.54) is 17.9 Å². The lowest BCUT2D eigenvalue weighted by Crippen LogP contribution is -2.58. The molecule has 3 aliphatic carbocycles. The molecule has 2 bridgehead atoms. The first kappa shape index (κ1) is 25.3. The van der Waals surface area contributed by atoms with Crippen molar-refractivity contribution in [2.24, 2.45) is 5.41 Å². The van der Waals surface area contributed by atoms with Crippen LogP contribution in [-0.4, -0.2) is 58.1 Å². The summed E-state index contributed by atoms with van der Waals surface area (Å²) >= 11 is 0. The summed E-state index contributed by atoms with van der Waals surface area (Å²) in [5, 5.41) is 9.41. The van der Waals surface area contributed by atoms with Gasteiger partial charge in [-0.1, -0.05) is 6.92 Å². The lowest BCUT2D eigenvalue weighted by molar-refractivity contribution is -0.153. The topological polar surface area (TPSA) is 66.8 Å². The van der Waals surface area contributed by atoms with Gasteiger partial charge in [-0.05, 0) is 63.0 Å². The lowest BCUT2D eigenvalue weighted by atomic mass is 9.56. The maximum absolute atomic E-state index is 15.5. The second kappa shape index (κ2) is 8.35. The Labute approximate surface area is 208 Å². The lowest BCUT2D eigenvalue weighted by Gasteiger charge is -2.54. The van der Waals surface area contributed by atoms with Crippen molar-refractivity contribution in [1.29, 1.82) is 0 Å². The third kappa shape index (κ3) is 4.82. The highest BCUT2D eigenvalue weighted by Crippen LogP contribution is 2.59. The number of benzene rings is 1. The van der Waals surface area contributed by atoms with Crippen LogP contribution in [0, 0.1) is 11.2 Å². The normalized spacial score (nSPS) is 38.2. The number of hydrogen-bond donors (Lipinski definition) is 1. The minimum atomic E-state index is -1.97. The summed E-state index contributed by atoms with van der Waals surface area (Å²) in [5.41, 5.74) is -6.29. The number of rotatable bonds is 6. The van der Waals surface area contributed by atoms with E-state index in [9.17, 15) is 19.1 Å². The molecule has 1 aliphatic heterocycles. The van der Waals surface area contributed by atoms with Gasteiger partial charge in [0.05, 0.1) is 12.2 Å². The third-order valence-corrected chi connectivity index (χ3v) is 8.21. The average molecular weight is 512 g/mol. The van der Waals surface area contributed by atoms with E-state index in [0.29, 0.717) is 18.4 Å². The number of aliphatic carboxylic acids is 1. The number of carboxylic acid groups (broad SMARTS) is 1. The minimum Gasteiger partial charge on any atom is -0.493 e. The monoisotopic (exact) mass is 511 g/mol. The highest BCUT2D eigenvalue weighted by Gasteiger charge is 2.62. The van der Waals surface area contributed by atoms with Crippen LogP contribution in [0.1, 0.15) is 93.5 Å². The van der Waals surface area contributed by atoms with Gasteiger partial charge in [0.25, 0.3) is 5.91 Å². The van der Waals surface area contributed by atoms with Crippen molar-refractivity contribution in [1.82, 2.24) is 4.90 Å². The number of carbonyl (C=O) groups excluding carboxylic acids is 1. The van der Waals surface area contributed by atoms with Crippen LogP contribution in [0.4, 0.5) is 17.6 Å². The van der Waals surface area contributed by atoms with Crippen molar-refractivity contribution in [3.63, 3.8) is 0 Å². The molecular weight excluding hydrogens is 478 g/mol. The van der Waals surface area contributed by atoms with Crippen LogP contribution >= 0.6 is 0 Å². The molecule has 1 saturated heterocycles. The Kier molecular flexibility index (Phi) is 5.87. The molecule has 198 valence electrons. The van der Waals surface area contributed by atoms with Crippen molar-refractivity contribution < 1.29 is 37.0 Å². The van der Waals surface area contributed by atoms with Gasteiger partial charge in [0.2, 0.25) is 0 Å². The van der Waals surface area contributed by atoms with Crippen LogP contribution in [0.5, 0.6) is 5.75 Å². The Bertz CT molecular complexity index is 1060. The van der Waals surface area contributed by atoms with Gasteiger partial charge in [0.15, 0.2) is 0 Å². The molecule has 9 heteroatoms. The van der Waals surface area contributed by atoms with Gasteiger partial charge in [-0.3, -0.25) is 4.79 Å². The molecule has 1 heterocycles. The third-order valence-electron chi connectivity index (χ3n) is 8.21. The standard InChI is InChI=1S/C27H33F4NO4/c1-24(10-26(30)12-25(2,29)13-27(31,11-24)14-26)15-36-21-9-19(28)18(8-17(21)16-5-6-16)22(33)32-7-3-4-20(32)23(34)35/h8-9,16,20H,3-7,10-15H2,1-2H3,(H,34,35). The van der Waals surface area contributed by atoms with Gasteiger partial charge in [0.1, 0.15) is 34.6 Å². The summed E-state index contributed by atoms with van der Waals surface area (Å²) in [6.45, 7) is 3.16. The maximum atomic E-state index is 15.5. The molecule has 36 heavy (non-hydrogen) atoms. The number of amides is 1. The molecule has 0 radical (unpaired) electrons. The number of halogens is 4. The molecule has 1 aromatic carbocycles. The highest BCUT2D eigenvalue weighted by molar-refractivity contribution is 5.97. The van der Waals surface area contributed by atoms with Crippen molar-refractivity contribution in [3.05, 3.63) is 29.1 Å². The molecule has 5 nitrogen and oxygen atoms in total. The van der Waals surface area contributed by atoms with Gasteiger partial charge in [-0.15, -0.1) is 0 Å². The molecule has 3 unspecified atom stereocenters. The fourth-order valence-electron chi connectivity index (χ4n) is 7.27. The van der Waals surface area contributed by atoms with Gasteiger partial charge >= 0.3 is 5.97 Å². The molecule has 1 N–H and O–H groups in total. The smallest absolute Gasteiger partial charge is 0.326 e. The largest absolute Gasteiger partial charge is 0.493 e. The Balaban J connectivity index is 1.37. The summed E-state index contributed by atoms with van der Waals surface area (Å²) in [5.74, 6) is -2.29. The molecule has 4 fully saturated rings. The zero-order valence-electron chi connectivity index (χ0n) is 20.7. The Hall–Kier alpha value is -2.32. The van der Waals surface area contributed by atoms with Crippen LogP contribution in [0.3, 0.4) is 0 Å². The number of carbonyl (C=O) groups is 2. The van der Waals surface area contributed by atoms with E-state index in [1.807, 2.05) is 0 Å². The van der Waals surface area contributed by atoms with Crippen LogP contribution in [0.25, 0.3) is 0 Å². The second-order valence-electron chi connectivity index (χ2n) is 12.3. The first-order valence-corrected chi connectivity index (χ1v) is 12.8. The molecule has 1 aromatic rings. The molecule has 3 saturated carbocycles. The SMILES string of the molecule is CC1(F)CC2(F)CC(C)(COc3cc(F)c(C(=O)N4CCCC4C(=O)O)cc3C3CC3)CC(F)(C1)C2. The number of ether oxygens (including phenoxy) is 1. The van der Waals surface area contributed by atoms with E-state index >= 15 is 13.2 Å². The molecular formula is C27H33F4NO4. The van der Waals surface area contributed by atoms with Crippen LogP contribution in [-0.2, 0) is 4.79 Å². The summed E-state index contributed by atoms with van der Waals surface area (Å²) in [7, 11) is 0. The predicted molar refractivity (Wildman–Crippen MR) is 124 cm³/mol. The van der Waals surface area contributed by atoms with Crippen molar-refractivity contribution in [3.8, 4) is 5.75 Å². The number of nitrogens with zero attached hydrogens (tertiary/aromatic N) is 1. The van der Waals surface area contributed by atoms with Crippen molar-refractivity contribution in [2.75, 3.05) is 13.2 Å². The molecule has 5 rings (SSSR count). The molecule has 0 spiro atoms. The number of alkyl halides is 3. The molecule has 3 atom stereocenters. The number of carboxylic acids is 1. The van der Waals surface area contributed by atoms with Crippen LogP contribution in [0.2, 0.25) is 0 Å². The van der Waals surface area contributed by atoms with Crippen molar-refractivity contribution in [2.45, 2.75) is 101 Å². The number of fused-ring (bicyclic) bond motifs is 2.